The topological polar surface area (TPSA) is 18.5 Å². The first-order valence-electron chi connectivity index (χ1n) is 3.54. The summed E-state index contributed by atoms with van der Waals surface area (Å²) in [5.41, 5.74) is 0.826. The third-order valence-electron chi connectivity index (χ3n) is 1.60. The van der Waals surface area contributed by atoms with Gasteiger partial charge in [-0.25, -0.2) is 0 Å². The summed E-state index contributed by atoms with van der Waals surface area (Å²) >= 11 is 3.11. The van der Waals surface area contributed by atoms with Crippen LogP contribution in [0.4, 0.5) is 8.78 Å². The summed E-state index contributed by atoms with van der Waals surface area (Å²) in [7, 11) is 0. The Morgan fingerprint density at radius 1 is 1.31 bits per heavy atom. The van der Waals surface area contributed by atoms with Crippen LogP contribution < -0.4 is 9.47 Å². The average molecular weight is 251 g/mol. The van der Waals surface area contributed by atoms with Crippen LogP contribution in [0.5, 0.6) is 11.5 Å². The number of ether oxygens (including phenoxy) is 2. The van der Waals surface area contributed by atoms with Gasteiger partial charge >= 0.3 is 6.29 Å². The fourth-order valence-electron chi connectivity index (χ4n) is 1.14. The summed E-state index contributed by atoms with van der Waals surface area (Å²) in [6.45, 7) is 1.78. The van der Waals surface area contributed by atoms with E-state index in [0.717, 1.165) is 5.56 Å². The van der Waals surface area contributed by atoms with Gasteiger partial charge in [-0.05, 0) is 40.5 Å². The van der Waals surface area contributed by atoms with Crippen LogP contribution in [0.25, 0.3) is 0 Å². The Balaban J connectivity index is 2.52. The zero-order valence-electron chi connectivity index (χ0n) is 6.61. The number of aryl methyl sites for hydroxylation is 1. The molecule has 1 aromatic rings. The molecule has 1 aliphatic heterocycles. The molecule has 13 heavy (non-hydrogen) atoms. The summed E-state index contributed by atoms with van der Waals surface area (Å²) in [5, 5.41) is 0. The first-order chi connectivity index (χ1) is 5.98. The van der Waals surface area contributed by atoms with Gasteiger partial charge in [-0.2, -0.15) is 0 Å². The molecular formula is C8H5BrF2O2. The van der Waals surface area contributed by atoms with Crippen molar-refractivity contribution in [1.82, 2.24) is 0 Å². The zero-order chi connectivity index (χ0) is 9.64. The molecule has 5 heteroatoms. The van der Waals surface area contributed by atoms with Crippen LogP contribution in [0.3, 0.4) is 0 Å². The maximum absolute atomic E-state index is 12.6. The molecule has 0 amide bonds. The van der Waals surface area contributed by atoms with Crippen molar-refractivity contribution in [2.75, 3.05) is 0 Å². The Hall–Kier alpha value is -0.840. The van der Waals surface area contributed by atoms with Crippen molar-refractivity contribution in [3.63, 3.8) is 0 Å². The lowest BCUT2D eigenvalue weighted by Crippen LogP contribution is -2.26. The molecule has 0 atom stereocenters. The maximum Gasteiger partial charge on any atom is 0.586 e. The minimum atomic E-state index is -3.54. The van der Waals surface area contributed by atoms with E-state index in [2.05, 4.69) is 25.4 Å². The van der Waals surface area contributed by atoms with Crippen molar-refractivity contribution >= 4 is 15.9 Å². The quantitative estimate of drug-likeness (QED) is 0.705. The van der Waals surface area contributed by atoms with Crippen LogP contribution >= 0.6 is 15.9 Å². The van der Waals surface area contributed by atoms with E-state index in [1.807, 2.05) is 0 Å². The van der Waals surface area contributed by atoms with Gasteiger partial charge in [-0.1, -0.05) is 0 Å². The van der Waals surface area contributed by atoms with E-state index >= 15 is 0 Å². The second-order valence-corrected chi connectivity index (χ2v) is 3.60. The van der Waals surface area contributed by atoms with Gasteiger partial charge in [0, 0.05) is 0 Å². The molecule has 0 aromatic heterocycles. The van der Waals surface area contributed by atoms with Crippen LogP contribution in [0.2, 0.25) is 0 Å². The van der Waals surface area contributed by atoms with Crippen molar-refractivity contribution in [3.05, 3.63) is 22.2 Å². The van der Waals surface area contributed by atoms with E-state index < -0.39 is 6.29 Å². The molecule has 0 aliphatic carbocycles. The third-order valence-corrected chi connectivity index (χ3v) is 2.19. The Morgan fingerprint density at radius 2 is 2.00 bits per heavy atom. The predicted molar refractivity (Wildman–Crippen MR) is 45.1 cm³/mol. The lowest BCUT2D eigenvalue weighted by Gasteiger charge is -2.04. The molecule has 0 N–H and O–H groups in total. The van der Waals surface area contributed by atoms with Gasteiger partial charge in [0.15, 0.2) is 11.5 Å². The largest absolute Gasteiger partial charge is 0.586 e. The molecule has 0 fully saturated rings. The SMILES string of the molecule is Cc1cc(Br)c2c(c1)OC(F)(F)O2. The van der Waals surface area contributed by atoms with Gasteiger partial charge in [0.25, 0.3) is 0 Å². The molecule has 1 heterocycles. The molecule has 0 spiro atoms. The molecular weight excluding hydrogens is 246 g/mol. The number of fused-ring (bicyclic) bond motifs is 1. The minimum Gasteiger partial charge on any atom is -0.395 e. The molecule has 0 saturated heterocycles. The summed E-state index contributed by atoms with van der Waals surface area (Å²) < 4.78 is 34.2. The molecule has 2 rings (SSSR count). The van der Waals surface area contributed by atoms with Crippen molar-refractivity contribution in [3.8, 4) is 11.5 Å². The zero-order valence-corrected chi connectivity index (χ0v) is 8.19. The van der Waals surface area contributed by atoms with Gasteiger partial charge in [0.05, 0.1) is 4.47 Å². The van der Waals surface area contributed by atoms with Crippen LogP contribution in [0.15, 0.2) is 16.6 Å². The molecule has 0 radical (unpaired) electrons. The molecule has 0 bridgehead atoms. The molecule has 0 saturated carbocycles. The lowest BCUT2D eigenvalue weighted by atomic mass is 10.2. The number of benzene rings is 1. The van der Waals surface area contributed by atoms with Gasteiger partial charge in [-0.15, -0.1) is 8.78 Å². The van der Waals surface area contributed by atoms with Crippen molar-refractivity contribution in [1.29, 1.82) is 0 Å². The highest BCUT2D eigenvalue weighted by atomic mass is 79.9. The lowest BCUT2D eigenvalue weighted by molar-refractivity contribution is -0.286. The molecule has 70 valence electrons. The molecule has 1 aliphatic rings. The van der Waals surface area contributed by atoms with Crippen molar-refractivity contribution in [2.24, 2.45) is 0 Å². The maximum atomic E-state index is 12.6. The predicted octanol–water partition coefficient (Wildman–Crippen LogP) is 3.08. The van der Waals surface area contributed by atoms with Crippen molar-refractivity contribution < 1.29 is 18.3 Å². The van der Waals surface area contributed by atoms with Crippen LogP contribution in [-0.2, 0) is 0 Å². The normalized spacial score (nSPS) is 17.5. The third kappa shape index (κ3) is 1.48. The van der Waals surface area contributed by atoms with E-state index in [1.165, 1.54) is 6.07 Å². The number of alkyl halides is 2. The Bertz CT molecular complexity index is 365. The highest BCUT2D eigenvalue weighted by molar-refractivity contribution is 9.10. The van der Waals surface area contributed by atoms with Crippen LogP contribution in [0.1, 0.15) is 5.56 Å². The van der Waals surface area contributed by atoms with Crippen LogP contribution in [-0.4, -0.2) is 6.29 Å². The number of hydrogen-bond acceptors (Lipinski definition) is 2. The Kier molecular flexibility index (Phi) is 1.73. The summed E-state index contributed by atoms with van der Waals surface area (Å²) in [4.78, 5) is 0. The van der Waals surface area contributed by atoms with Gasteiger partial charge in [0.2, 0.25) is 0 Å². The van der Waals surface area contributed by atoms with E-state index in [4.69, 9.17) is 0 Å². The summed E-state index contributed by atoms with van der Waals surface area (Å²) in [5.74, 6) is 0.118. The standard InChI is InChI=1S/C8H5BrF2O2/c1-4-2-5(9)7-6(3-4)12-8(10,11)13-7/h2-3H,1H3. The van der Waals surface area contributed by atoms with Gasteiger partial charge in [0.1, 0.15) is 0 Å². The number of rotatable bonds is 0. The second-order valence-electron chi connectivity index (χ2n) is 2.74. The fourth-order valence-corrected chi connectivity index (χ4v) is 1.78. The first-order valence-corrected chi connectivity index (χ1v) is 4.33. The van der Waals surface area contributed by atoms with E-state index in [1.54, 1.807) is 13.0 Å². The number of halogens is 3. The highest BCUT2D eigenvalue weighted by Gasteiger charge is 2.44. The van der Waals surface area contributed by atoms with E-state index in [0.29, 0.717) is 4.47 Å². The van der Waals surface area contributed by atoms with E-state index in [9.17, 15) is 8.78 Å². The molecule has 1 aromatic carbocycles. The fraction of sp³-hybridized carbons (Fsp3) is 0.250. The Labute approximate surface area is 81.6 Å². The monoisotopic (exact) mass is 250 g/mol. The second kappa shape index (κ2) is 2.57. The number of hydrogen-bond donors (Lipinski definition) is 0. The van der Waals surface area contributed by atoms with Gasteiger partial charge in [-0.3, -0.25) is 0 Å². The smallest absolute Gasteiger partial charge is 0.395 e. The Morgan fingerprint density at radius 3 is 2.69 bits per heavy atom. The van der Waals surface area contributed by atoms with Gasteiger partial charge < -0.3 is 9.47 Å². The average Bonchev–Trinajstić information content (AvgIpc) is 2.23. The molecule has 0 unspecified atom stereocenters. The minimum absolute atomic E-state index is 0.0515. The van der Waals surface area contributed by atoms with Crippen molar-refractivity contribution in [2.45, 2.75) is 13.2 Å². The van der Waals surface area contributed by atoms with Crippen LogP contribution in [0, 0.1) is 6.92 Å². The molecule has 2 nitrogen and oxygen atoms in total. The van der Waals surface area contributed by atoms with E-state index in [-0.39, 0.29) is 11.5 Å². The summed E-state index contributed by atoms with van der Waals surface area (Å²) in [6.07, 6.45) is -3.54. The highest BCUT2D eigenvalue weighted by Crippen LogP contribution is 2.46. The summed E-state index contributed by atoms with van der Waals surface area (Å²) in [6, 6.07) is 3.19. The first kappa shape index (κ1) is 8.74.